The molecule has 3 rings (SSSR count). The van der Waals surface area contributed by atoms with Crippen LogP contribution in [0.5, 0.6) is 23.0 Å². The molecule has 0 bridgehead atoms. The Morgan fingerprint density at radius 1 is 0.828 bits per heavy atom. The fourth-order valence-corrected chi connectivity index (χ4v) is 2.78. The van der Waals surface area contributed by atoms with Crippen LogP contribution >= 0.6 is 11.6 Å². The van der Waals surface area contributed by atoms with Crippen LogP contribution in [0.2, 0.25) is 5.02 Å². The number of nitrogens with two attached hydrogens (primary N) is 1. The molecular weight excluding hydrogens is 394 g/mol. The summed E-state index contributed by atoms with van der Waals surface area (Å²) in [5.41, 5.74) is 8.67. The van der Waals surface area contributed by atoms with Crippen LogP contribution in [0.15, 0.2) is 36.4 Å². The normalized spacial score (nSPS) is 10.0. The minimum atomic E-state index is 0.590. The van der Waals surface area contributed by atoms with Crippen molar-refractivity contribution < 1.29 is 18.9 Å². The average molecular weight is 420 g/mol. The summed E-state index contributed by atoms with van der Waals surface area (Å²) >= 11 is 6.16. The first kappa shape index (κ1) is 22.2. The Hall–Kier alpha value is -3.06. The highest BCUT2D eigenvalue weighted by atomic mass is 35.5. The van der Waals surface area contributed by atoms with E-state index in [-0.39, 0.29) is 0 Å². The maximum atomic E-state index is 6.16. The Kier molecular flexibility index (Phi) is 7.61. The fraction of sp³-hybridized carbons (Fsp3) is 0.286. The van der Waals surface area contributed by atoms with E-state index in [1.807, 2.05) is 32.0 Å². The fourth-order valence-electron chi connectivity index (χ4n) is 2.66. The zero-order valence-corrected chi connectivity index (χ0v) is 18.2. The van der Waals surface area contributed by atoms with Gasteiger partial charge in [-0.1, -0.05) is 11.6 Å². The second-order valence-corrected chi connectivity index (χ2v) is 6.42. The van der Waals surface area contributed by atoms with Gasteiger partial charge in [-0.05, 0) is 38.1 Å². The van der Waals surface area contributed by atoms with Gasteiger partial charge in [0.05, 0.1) is 50.5 Å². The van der Waals surface area contributed by atoms with E-state index in [4.69, 9.17) is 36.3 Å². The molecule has 0 aliphatic heterocycles. The van der Waals surface area contributed by atoms with Crippen LogP contribution in [0.3, 0.4) is 0 Å². The van der Waals surface area contributed by atoms with Crippen LogP contribution in [-0.2, 0) is 0 Å². The standard InChI is InChI=1S/C13H15ClN2O2.C8H11NO2/c1-8-13(14)9(2)16(15-8)11-7-10(17-3)5-6-12(11)18-4;1-10-6-3-4-8(11-2)7(9)5-6/h5-7H,1-4H3;3-5H,9H2,1-2H3. The number of ether oxygens (including phenoxy) is 4. The van der Waals surface area contributed by atoms with E-state index in [0.717, 1.165) is 34.3 Å². The summed E-state index contributed by atoms with van der Waals surface area (Å²) in [6.45, 7) is 3.79. The molecule has 0 spiro atoms. The predicted molar refractivity (Wildman–Crippen MR) is 115 cm³/mol. The van der Waals surface area contributed by atoms with E-state index in [2.05, 4.69) is 5.10 Å². The molecule has 0 aliphatic rings. The first-order valence-corrected chi connectivity index (χ1v) is 9.15. The van der Waals surface area contributed by atoms with Gasteiger partial charge >= 0.3 is 0 Å². The smallest absolute Gasteiger partial charge is 0.144 e. The molecule has 1 aromatic heterocycles. The van der Waals surface area contributed by atoms with Crippen molar-refractivity contribution in [3.05, 3.63) is 52.8 Å². The molecule has 0 unspecified atom stereocenters. The second-order valence-electron chi connectivity index (χ2n) is 6.04. The third kappa shape index (κ3) is 5.06. The van der Waals surface area contributed by atoms with Crippen LogP contribution in [-0.4, -0.2) is 38.2 Å². The third-order valence-electron chi connectivity index (χ3n) is 4.25. The second kappa shape index (κ2) is 9.93. The summed E-state index contributed by atoms with van der Waals surface area (Å²) in [6.07, 6.45) is 0. The SMILES string of the molecule is COc1ccc(OC)c(-n2nc(C)c(Cl)c2C)c1.COc1ccc(OC)c(N)c1. The molecule has 3 aromatic rings. The largest absolute Gasteiger partial charge is 0.497 e. The van der Waals surface area contributed by atoms with E-state index in [9.17, 15) is 0 Å². The van der Waals surface area contributed by atoms with Crippen LogP contribution in [0.25, 0.3) is 5.69 Å². The molecule has 2 aromatic carbocycles. The van der Waals surface area contributed by atoms with Gasteiger partial charge in [-0.25, -0.2) is 4.68 Å². The maximum absolute atomic E-state index is 6.16. The van der Waals surface area contributed by atoms with Crippen LogP contribution in [0.1, 0.15) is 11.4 Å². The van der Waals surface area contributed by atoms with Crippen LogP contribution < -0.4 is 24.7 Å². The number of aromatic nitrogens is 2. The number of benzene rings is 2. The average Bonchev–Trinajstić information content (AvgIpc) is 3.00. The number of halogens is 1. The molecule has 0 atom stereocenters. The van der Waals surface area contributed by atoms with Gasteiger partial charge in [0.1, 0.15) is 28.7 Å². The van der Waals surface area contributed by atoms with Crippen LogP contribution in [0.4, 0.5) is 5.69 Å². The number of rotatable bonds is 5. The van der Waals surface area contributed by atoms with Gasteiger partial charge in [-0.15, -0.1) is 0 Å². The van der Waals surface area contributed by atoms with Crippen molar-refractivity contribution in [3.63, 3.8) is 0 Å². The zero-order valence-electron chi connectivity index (χ0n) is 17.4. The molecule has 0 aliphatic carbocycles. The quantitative estimate of drug-likeness (QED) is 0.615. The zero-order chi connectivity index (χ0) is 21.6. The van der Waals surface area contributed by atoms with Crippen LogP contribution in [0, 0.1) is 13.8 Å². The van der Waals surface area contributed by atoms with E-state index in [0.29, 0.717) is 16.5 Å². The number of nitrogen functional groups attached to an aromatic ring is 1. The highest BCUT2D eigenvalue weighted by Crippen LogP contribution is 2.31. The molecule has 0 radical (unpaired) electrons. The topological polar surface area (TPSA) is 80.8 Å². The minimum Gasteiger partial charge on any atom is -0.497 e. The third-order valence-corrected chi connectivity index (χ3v) is 4.80. The number of hydrogen-bond donors (Lipinski definition) is 1. The summed E-state index contributed by atoms with van der Waals surface area (Å²) in [4.78, 5) is 0. The lowest BCUT2D eigenvalue weighted by atomic mass is 10.2. The predicted octanol–water partition coefficient (Wildman–Crippen LogP) is 4.45. The minimum absolute atomic E-state index is 0.590. The highest BCUT2D eigenvalue weighted by Gasteiger charge is 2.15. The van der Waals surface area contributed by atoms with E-state index >= 15 is 0 Å². The Morgan fingerprint density at radius 3 is 1.83 bits per heavy atom. The molecule has 29 heavy (non-hydrogen) atoms. The van der Waals surface area contributed by atoms with Crippen molar-refractivity contribution in [2.45, 2.75) is 13.8 Å². The monoisotopic (exact) mass is 419 g/mol. The first-order chi connectivity index (χ1) is 13.9. The molecular formula is C21H26ClN3O4. The van der Waals surface area contributed by atoms with Crippen molar-refractivity contribution in [1.29, 1.82) is 0 Å². The van der Waals surface area contributed by atoms with Crippen molar-refractivity contribution in [1.82, 2.24) is 9.78 Å². The Morgan fingerprint density at radius 2 is 1.38 bits per heavy atom. The van der Waals surface area contributed by atoms with E-state index < -0.39 is 0 Å². The lowest BCUT2D eigenvalue weighted by Crippen LogP contribution is -2.02. The molecule has 2 N–H and O–H groups in total. The maximum Gasteiger partial charge on any atom is 0.144 e. The molecule has 0 amide bonds. The van der Waals surface area contributed by atoms with Gasteiger partial charge in [-0.3, -0.25) is 0 Å². The molecule has 0 saturated carbocycles. The van der Waals surface area contributed by atoms with Gasteiger partial charge in [0, 0.05) is 12.1 Å². The van der Waals surface area contributed by atoms with Crippen molar-refractivity contribution in [3.8, 4) is 28.7 Å². The number of hydrogen-bond acceptors (Lipinski definition) is 6. The highest BCUT2D eigenvalue weighted by molar-refractivity contribution is 6.31. The molecule has 0 saturated heterocycles. The molecule has 156 valence electrons. The van der Waals surface area contributed by atoms with Gasteiger partial charge in [0.15, 0.2) is 0 Å². The Bertz CT molecular complexity index is 973. The van der Waals surface area contributed by atoms with Crippen molar-refractivity contribution in [2.24, 2.45) is 0 Å². The molecule has 8 heteroatoms. The van der Waals surface area contributed by atoms with Crippen molar-refractivity contribution >= 4 is 17.3 Å². The lowest BCUT2D eigenvalue weighted by molar-refractivity contribution is 0.400. The summed E-state index contributed by atoms with van der Waals surface area (Å²) in [5.74, 6) is 2.88. The first-order valence-electron chi connectivity index (χ1n) is 8.77. The summed E-state index contributed by atoms with van der Waals surface area (Å²) in [6, 6.07) is 10.9. The van der Waals surface area contributed by atoms with Gasteiger partial charge in [-0.2, -0.15) is 5.10 Å². The number of methoxy groups -OCH3 is 4. The summed E-state index contributed by atoms with van der Waals surface area (Å²) in [7, 11) is 6.43. The number of nitrogens with zero attached hydrogens (tertiary/aromatic N) is 2. The van der Waals surface area contributed by atoms with Gasteiger partial charge < -0.3 is 24.7 Å². The Labute approximate surface area is 175 Å². The molecule has 1 heterocycles. The van der Waals surface area contributed by atoms with Gasteiger partial charge in [0.2, 0.25) is 0 Å². The lowest BCUT2D eigenvalue weighted by Gasteiger charge is -2.11. The summed E-state index contributed by atoms with van der Waals surface area (Å²) in [5, 5.41) is 5.08. The van der Waals surface area contributed by atoms with E-state index in [1.54, 1.807) is 51.3 Å². The van der Waals surface area contributed by atoms with Crippen molar-refractivity contribution in [2.75, 3.05) is 34.2 Å². The molecule has 0 fully saturated rings. The molecule has 7 nitrogen and oxygen atoms in total. The summed E-state index contributed by atoms with van der Waals surface area (Å²) < 4.78 is 22.3. The van der Waals surface area contributed by atoms with Gasteiger partial charge in [0.25, 0.3) is 0 Å². The Balaban J connectivity index is 0.000000234. The van der Waals surface area contributed by atoms with E-state index in [1.165, 1.54) is 0 Å². The number of anilines is 1. The number of aryl methyl sites for hydroxylation is 1.